The molecule has 0 unspecified atom stereocenters. The molecule has 2 heterocycles. The number of hydrogen-bond donors (Lipinski definition) is 1. The molecule has 2 bridgehead atoms. The van der Waals surface area contributed by atoms with Crippen LogP contribution in [0.1, 0.15) is 32.4 Å². The maximum absolute atomic E-state index is 6.52. The van der Waals surface area contributed by atoms with E-state index < -0.39 is 5.72 Å². The Balaban J connectivity index is 1.76. The minimum atomic E-state index is -0.568. The number of rotatable bonds is 3. The molecule has 0 saturated carbocycles. The van der Waals surface area contributed by atoms with Crippen LogP contribution in [0, 0.1) is 5.92 Å². The SMILES string of the molecule is CCOc1ccc(N2C(=S)N[C@@H]3c4cc(Br)ccc4O[C@]2(C)[C@@H]3C)cc1. The van der Waals surface area contributed by atoms with Crippen molar-refractivity contribution in [1.82, 2.24) is 5.32 Å². The van der Waals surface area contributed by atoms with Gasteiger partial charge in [0.25, 0.3) is 0 Å². The summed E-state index contributed by atoms with van der Waals surface area (Å²) in [6.07, 6.45) is 0. The first-order valence-corrected chi connectivity index (χ1v) is 9.96. The predicted octanol–water partition coefficient (Wildman–Crippen LogP) is 5.03. The van der Waals surface area contributed by atoms with Gasteiger partial charge in [0.1, 0.15) is 11.5 Å². The molecule has 1 fully saturated rings. The van der Waals surface area contributed by atoms with E-state index in [9.17, 15) is 0 Å². The summed E-state index contributed by atoms with van der Waals surface area (Å²) in [6, 6.07) is 14.2. The highest BCUT2D eigenvalue weighted by Crippen LogP contribution is 2.49. The molecule has 0 aromatic heterocycles. The molecule has 26 heavy (non-hydrogen) atoms. The van der Waals surface area contributed by atoms with Crippen LogP contribution in [0.5, 0.6) is 11.5 Å². The second-order valence-corrected chi connectivity index (χ2v) is 8.12. The first kappa shape index (κ1) is 17.6. The van der Waals surface area contributed by atoms with Gasteiger partial charge in [-0.25, -0.2) is 0 Å². The number of nitrogens with zero attached hydrogens (tertiary/aromatic N) is 1. The zero-order chi connectivity index (χ0) is 18.5. The highest BCUT2D eigenvalue weighted by Gasteiger charge is 2.53. The van der Waals surface area contributed by atoms with E-state index in [1.807, 2.05) is 43.3 Å². The van der Waals surface area contributed by atoms with E-state index in [1.54, 1.807) is 0 Å². The second kappa shape index (κ2) is 6.43. The van der Waals surface area contributed by atoms with Crippen molar-refractivity contribution < 1.29 is 9.47 Å². The van der Waals surface area contributed by atoms with E-state index in [-0.39, 0.29) is 12.0 Å². The van der Waals surface area contributed by atoms with Crippen molar-refractivity contribution >= 4 is 38.9 Å². The van der Waals surface area contributed by atoms with Gasteiger partial charge in [0.05, 0.1) is 12.6 Å². The van der Waals surface area contributed by atoms with Crippen molar-refractivity contribution in [3.05, 3.63) is 52.5 Å². The zero-order valence-electron chi connectivity index (χ0n) is 15.0. The third kappa shape index (κ3) is 2.67. The summed E-state index contributed by atoms with van der Waals surface area (Å²) in [7, 11) is 0. The van der Waals surface area contributed by atoms with Crippen molar-refractivity contribution in [2.24, 2.45) is 5.92 Å². The summed E-state index contributed by atoms with van der Waals surface area (Å²) < 4.78 is 13.1. The average molecular weight is 433 g/mol. The van der Waals surface area contributed by atoms with Crippen molar-refractivity contribution in [3.8, 4) is 11.5 Å². The van der Waals surface area contributed by atoms with Crippen LogP contribution in [-0.4, -0.2) is 17.4 Å². The van der Waals surface area contributed by atoms with Gasteiger partial charge in [0.2, 0.25) is 0 Å². The molecule has 2 aromatic carbocycles. The fourth-order valence-corrected chi connectivity index (χ4v) is 4.62. The Morgan fingerprint density at radius 2 is 2.00 bits per heavy atom. The van der Waals surface area contributed by atoms with Crippen molar-refractivity contribution in [2.45, 2.75) is 32.5 Å². The molecular weight excluding hydrogens is 412 g/mol. The molecule has 1 N–H and O–H groups in total. The maximum atomic E-state index is 6.52. The second-order valence-electron chi connectivity index (χ2n) is 6.82. The fourth-order valence-electron chi connectivity index (χ4n) is 3.83. The number of hydrogen-bond acceptors (Lipinski definition) is 3. The number of anilines is 1. The normalized spacial score (nSPS) is 26.6. The van der Waals surface area contributed by atoms with Gasteiger partial charge in [-0.05, 0) is 68.5 Å². The lowest BCUT2D eigenvalue weighted by Crippen LogP contribution is -2.69. The molecular formula is C20H21BrN2O2S. The standard InChI is InChI=1S/C20H21BrN2O2S/c1-4-24-15-8-6-14(7-9-15)23-19(26)22-18-12(2)20(23,3)25-17-10-5-13(21)11-16(17)18/h5-12,18H,4H2,1-3H3,(H,22,26)/t12-,18+,20-/m1/s1. The minimum absolute atomic E-state index is 0.118. The van der Waals surface area contributed by atoms with Gasteiger partial charge in [-0.15, -0.1) is 0 Å². The highest BCUT2D eigenvalue weighted by molar-refractivity contribution is 9.10. The lowest BCUT2D eigenvalue weighted by atomic mass is 9.80. The number of benzene rings is 2. The molecule has 136 valence electrons. The van der Waals surface area contributed by atoms with Gasteiger partial charge in [0.15, 0.2) is 10.8 Å². The van der Waals surface area contributed by atoms with Gasteiger partial charge in [0, 0.05) is 21.6 Å². The Morgan fingerprint density at radius 3 is 2.69 bits per heavy atom. The van der Waals surface area contributed by atoms with Gasteiger partial charge < -0.3 is 14.8 Å². The molecule has 6 heteroatoms. The fraction of sp³-hybridized carbons (Fsp3) is 0.350. The number of nitrogens with one attached hydrogen (secondary N) is 1. The minimum Gasteiger partial charge on any atom is -0.494 e. The molecule has 4 nitrogen and oxygen atoms in total. The lowest BCUT2D eigenvalue weighted by molar-refractivity contribution is -0.00321. The smallest absolute Gasteiger partial charge is 0.190 e. The molecule has 2 aliphatic rings. The molecule has 3 atom stereocenters. The first-order chi connectivity index (χ1) is 12.4. The summed E-state index contributed by atoms with van der Waals surface area (Å²) in [5, 5.41) is 4.19. The largest absolute Gasteiger partial charge is 0.494 e. The van der Waals surface area contributed by atoms with E-state index in [2.05, 4.69) is 46.1 Å². The van der Waals surface area contributed by atoms with E-state index in [0.29, 0.717) is 11.7 Å². The van der Waals surface area contributed by atoms with Crippen molar-refractivity contribution in [1.29, 1.82) is 0 Å². The summed E-state index contributed by atoms with van der Waals surface area (Å²) in [5.74, 6) is 1.94. The molecule has 4 rings (SSSR count). The summed E-state index contributed by atoms with van der Waals surface area (Å²) in [5.41, 5.74) is 1.55. The Kier molecular flexibility index (Phi) is 4.35. The maximum Gasteiger partial charge on any atom is 0.190 e. The number of halogens is 1. The Morgan fingerprint density at radius 1 is 1.27 bits per heavy atom. The monoisotopic (exact) mass is 432 g/mol. The van der Waals surface area contributed by atoms with Crippen LogP contribution in [0.4, 0.5) is 5.69 Å². The lowest BCUT2D eigenvalue weighted by Gasteiger charge is -2.56. The molecule has 0 aliphatic carbocycles. The first-order valence-electron chi connectivity index (χ1n) is 8.76. The summed E-state index contributed by atoms with van der Waals surface area (Å²) in [4.78, 5) is 2.07. The van der Waals surface area contributed by atoms with E-state index in [4.69, 9.17) is 21.7 Å². The Bertz CT molecular complexity index is 857. The predicted molar refractivity (Wildman–Crippen MR) is 111 cm³/mol. The Hall–Kier alpha value is -1.79. The molecule has 1 saturated heterocycles. The van der Waals surface area contributed by atoms with Crippen LogP contribution < -0.4 is 19.7 Å². The van der Waals surface area contributed by atoms with Crippen LogP contribution in [0.3, 0.4) is 0 Å². The molecule has 0 spiro atoms. The van der Waals surface area contributed by atoms with Gasteiger partial charge in [-0.1, -0.05) is 22.9 Å². The molecule has 0 radical (unpaired) electrons. The van der Waals surface area contributed by atoms with Crippen LogP contribution >= 0.6 is 28.1 Å². The highest BCUT2D eigenvalue weighted by atomic mass is 79.9. The topological polar surface area (TPSA) is 33.7 Å². The zero-order valence-corrected chi connectivity index (χ0v) is 17.4. The molecule has 2 aromatic rings. The van der Waals surface area contributed by atoms with Crippen LogP contribution in [-0.2, 0) is 0 Å². The van der Waals surface area contributed by atoms with Crippen molar-refractivity contribution in [2.75, 3.05) is 11.5 Å². The van der Waals surface area contributed by atoms with E-state index in [0.717, 1.165) is 27.2 Å². The van der Waals surface area contributed by atoms with Crippen LogP contribution in [0.15, 0.2) is 46.9 Å². The van der Waals surface area contributed by atoms with Gasteiger partial charge >= 0.3 is 0 Å². The Labute approximate surface area is 167 Å². The number of thiocarbonyl (C=S) groups is 1. The number of ether oxygens (including phenoxy) is 2. The third-order valence-corrected chi connectivity index (χ3v) is 6.09. The summed E-state index contributed by atoms with van der Waals surface area (Å²) >= 11 is 9.28. The molecule has 2 aliphatic heterocycles. The molecule has 0 amide bonds. The average Bonchev–Trinajstić information content (AvgIpc) is 2.60. The van der Waals surface area contributed by atoms with Crippen LogP contribution in [0.25, 0.3) is 0 Å². The summed E-state index contributed by atoms with van der Waals surface area (Å²) in [6.45, 7) is 6.94. The number of fused-ring (bicyclic) bond motifs is 4. The van der Waals surface area contributed by atoms with E-state index >= 15 is 0 Å². The van der Waals surface area contributed by atoms with Gasteiger partial charge in [-0.3, -0.25) is 4.90 Å². The van der Waals surface area contributed by atoms with Crippen molar-refractivity contribution in [3.63, 3.8) is 0 Å². The van der Waals surface area contributed by atoms with E-state index in [1.165, 1.54) is 0 Å². The van der Waals surface area contributed by atoms with Gasteiger partial charge in [-0.2, -0.15) is 0 Å². The van der Waals surface area contributed by atoms with Crippen LogP contribution in [0.2, 0.25) is 0 Å². The third-order valence-electron chi connectivity index (χ3n) is 5.30. The quantitative estimate of drug-likeness (QED) is 0.687.